The van der Waals surface area contributed by atoms with Gasteiger partial charge in [-0.2, -0.15) is 5.10 Å². The molecule has 1 atom stereocenters. The lowest BCUT2D eigenvalue weighted by molar-refractivity contribution is -0.115. The molecule has 13 heteroatoms. The smallest absolute Gasteiger partial charge is 0.277 e. The summed E-state index contributed by atoms with van der Waals surface area (Å²) in [5, 5.41) is 16.2. The van der Waals surface area contributed by atoms with Gasteiger partial charge in [0, 0.05) is 10.9 Å². The van der Waals surface area contributed by atoms with Crippen LogP contribution in [0, 0.1) is 11.6 Å². The molecule has 0 aliphatic carbocycles. The molecule has 0 spiro atoms. The molecule has 4 aromatic rings. The zero-order chi connectivity index (χ0) is 21.1. The summed E-state index contributed by atoms with van der Waals surface area (Å²) in [6, 6.07) is 3.51. The summed E-state index contributed by atoms with van der Waals surface area (Å²) in [4.78, 5) is 20.5. The number of rotatable bonds is 7. The van der Waals surface area contributed by atoms with Crippen molar-refractivity contribution in [3.63, 3.8) is 0 Å². The predicted molar refractivity (Wildman–Crippen MR) is 105 cm³/mol. The van der Waals surface area contributed by atoms with E-state index < -0.39 is 16.9 Å². The number of halogens is 2. The lowest BCUT2D eigenvalue weighted by Gasteiger charge is -2.07. The number of aromatic nitrogens is 6. The van der Waals surface area contributed by atoms with E-state index in [4.69, 9.17) is 4.42 Å². The number of nitrogens with one attached hydrogen (secondary N) is 1. The van der Waals surface area contributed by atoms with Crippen LogP contribution >= 0.6 is 23.1 Å². The number of nitrogens with zero attached hydrogens (tertiary/aromatic N) is 6. The Morgan fingerprint density at radius 3 is 2.97 bits per heavy atom. The summed E-state index contributed by atoms with van der Waals surface area (Å²) < 4.78 is 33.5. The highest BCUT2D eigenvalue weighted by Gasteiger charge is 2.20. The Balaban J connectivity index is 1.35. The van der Waals surface area contributed by atoms with Crippen molar-refractivity contribution in [1.29, 1.82) is 0 Å². The van der Waals surface area contributed by atoms with Crippen molar-refractivity contribution in [3.8, 4) is 11.3 Å². The van der Waals surface area contributed by atoms with Crippen molar-refractivity contribution in [3.05, 3.63) is 53.8 Å². The van der Waals surface area contributed by atoms with Crippen LogP contribution in [0.5, 0.6) is 0 Å². The molecule has 30 heavy (non-hydrogen) atoms. The van der Waals surface area contributed by atoms with E-state index >= 15 is 0 Å². The summed E-state index contributed by atoms with van der Waals surface area (Å²) in [6.07, 6.45) is 2.92. The molecule has 3 aromatic heterocycles. The topological polar surface area (TPSA) is 112 Å². The molecule has 1 N–H and O–H groups in total. The SMILES string of the molecule is CC(Sc1nnc(Cn2cncn2)o1)C(=O)Nc1nc(-c2ccc(F)c(F)c2)cs1. The molecule has 1 unspecified atom stereocenters. The average Bonchev–Trinajstić information content (AvgIpc) is 3.47. The number of benzene rings is 1. The first-order valence-electron chi connectivity index (χ1n) is 8.51. The molecule has 3 heterocycles. The van der Waals surface area contributed by atoms with Crippen LogP contribution in [0.2, 0.25) is 0 Å². The number of carbonyl (C=O) groups is 1. The molecule has 0 saturated carbocycles. The normalized spacial score (nSPS) is 12.1. The number of thiazole rings is 1. The maximum atomic E-state index is 13.4. The zero-order valence-corrected chi connectivity index (χ0v) is 17.0. The highest BCUT2D eigenvalue weighted by molar-refractivity contribution is 8.00. The number of anilines is 1. The van der Waals surface area contributed by atoms with E-state index in [0.29, 0.717) is 22.3 Å². The Labute approximate surface area is 176 Å². The van der Waals surface area contributed by atoms with Crippen molar-refractivity contribution < 1.29 is 18.0 Å². The van der Waals surface area contributed by atoms with Gasteiger partial charge in [0.2, 0.25) is 11.8 Å². The van der Waals surface area contributed by atoms with Gasteiger partial charge >= 0.3 is 0 Å². The molecular weight excluding hydrogens is 436 g/mol. The highest BCUT2D eigenvalue weighted by atomic mass is 32.2. The molecule has 1 aromatic carbocycles. The largest absolute Gasteiger partial charge is 0.414 e. The van der Waals surface area contributed by atoms with Crippen molar-refractivity contribution in [2.45, 2.75) is 23.9 Å². The van der Waals surface area contributed by atoms with Crippen LogP contribution in [0.3, 0.4) is 0 Å². The molecular formula is C17H13F2N7O2S2. The third-order valence-corrected chi connectivity index (χ3v) is 5.50. The number of hydrogen-bond acceptors (Lipinski definition) is 9. The maximum Gasteiger partial charge on any atom is 0.277 e. The van der Waals surface area contributed by atoms with Crippen LogP contribution in [-0.2, 0) is 11.3 Å². The minimum absolute atomic E-state index is 0.245. The van der Waals surface area contributed by atoms with E-state index in [1.807, 2.05) is 0 Å². The number of amides is 1. The molecule has 154 valence electrons. The van der Waals surface area contributed by atoms with E-state index in [0.717, 1.165) is 23.9 Å². The zero-order valence-electron chi connectivity index (χ0n) is 15.3. The fraction of sp³-hybridized carbons (Fsp3) is 0.176. The third kappa shape index (κ3) is 4.68. The third-order valence-electron chi connectivity index (χ3n) is 3.81. The van der Waals surface area contributed by atoms with Crippen LogP contribution in [-0.4, -0.2) is 41.1 Å². The highest BCUT2D eigenvalue weighted by Crippen LogP contribution is 2.28. The van der Waals surface area contributed by atoms with E-state index in [1.165, 1.54) is 34.7 Å². The Morgan fingerprint density at radius 1 is 1.33 bits per heavy atom. The van der Waals surface area contributed by atoms with E-state index in [9.17, 15) is 13.6 Å². The van der Waals surface area contributed by atoms with Gasteiger partial charge in [-0.05, 0) is 25.1 Å². The summed E-state index contributed by atoms with van der Waals surface area (Å²) in [6.45, 7) is 1.96. The maximum absolute atomic E-state index is 13.4. The molecule has 1 amide bonds. The first kappa shape index (κ1) is 20.1. The van der Waals surface area contributed by atoms with E-state index in [2.05, 4.69) is 30.6 Å². The lowest BCUT2D eigenvalue weighted by Crippen LogP contribution is -2.22. The van der Waals surface area contributed by atoms with Gasteiger partial charge in [0.05, 0.1) is 10.9 Å². The van der Waals surface area contributed by atoms with Crippen LogP contribution in [0.25, 0.3) is 11.3 Å². The number of carbonyl (C=O) groups excluding carboxylic acids is 1. The Morgan fingerprint density at radius 2 is 2.20 bits per heavy atom. The van der Waals surface area contributed by atoms with Gasteiger partial charge in [-0.1, -0.05) is 11.8 Å². The summed E-state index contributed by atoms with van der Waals surface area (Å²) in [7, 11) is 0. The first-order valence-corrected chi connectivity index (χ1v) is 10.3. The van der Waals surface area contributed by atoms with Gasteiger partial charge in [0.25, 0.3) is 5.22 Å². The van der Waals surface area contributed by atoms with Crippen LogP contribution < -0.4 is 5.32 Å². The van der Waals surface area contributed by atoms with Gasteiger partial charge < -0.3 is 9.73 Å². The summed E-state index contributed by atoms with van der Waals surface area (Å²) in [5.74, 6) is -1.87. The second-order valence-corrected chi connectivity index (χ2v) is 8.12. The monoisotopic (exact) mass is 449 g/mol. The predicted octanol–water partition coefficient (Wildman–Crippen LogP) is 3.23. The van der Waals surface area contributed by atoms with Gasteiger partial charge in [0.15, 0.2) is 16.8 Å². The minimum atomic E-state index is -0.959. The molecule has 4 rings (SSSR count). The Hall–Kier alpha value is -3.19. The molecule has 0 saturated heterocycles. The molecule has 9 nitrogen and oxygen atoms in total. The molecule has 0 radical (unpaired) electrons. The summed E-state index contributed by atoms with van der Waals surface area (Å²) >= 11 is 2.28. The van der Waals surface area contributed by atoms with Crippen LogP contribution in [0.15, 0.2) is 45.9 Å². The van der Waals surface area contributed by atoms with Gasteiger partial charge in [-0.15, -0.1) is 21.5 Å². The van der Waals surface area contributed by atoms with E-state index in [-0.39, 0.29) is 17.7 Å². The van der Waals surface area contributed by atoms with Crippen molar-refractivity contribution in [1.82, 2.24) is 29.9 Å². The van der Waals surface area contributed by atoms with Crippen molar-refractivity contribution in [2.75, 3.05) is 5.32 Å². The fourth-order valence-corrected chi connectivity index (χ4v) is 3.76. The van der Waals surface area contributed by atoms with Crippen LogP contribution in [0.1, 0.15) is 12.8 Å². The van der Waals surface area contributed by atoms with Gasteiger partial charge in [-0.25, -0.2) is 23.4 Å². The molecule has 0 bridgehead atoms. The second kappa shape index (κ2) is 8.67. The second-order valence-electron chi connectivity index (χ2n) is 5.97. The van der Waals surface area contributed by atoms with Crippen LogP contribution in [0.4, 0.5) is 13.9 Å². The molecule has 0 fully saturated rings. The van der Waals surface area contributed by atoms with Crippen molar-refractivity contribution in [2.24, 2.45) is 0 Å². The summed E-state index contributed by atoms with van der Waals surface area (Å²) in [5.41, 5.74) is 0.850. The molecule has 0 aliphatic heterocycles. The van der Waals surface area contributed by atoms with Gasteiger partial charge in [0.1, 0.15) is 19.2 Å². The Kier molecular flexibility index (Phi) is 5.81. The van der Waals surface area contributed by atoms with Crippen molar-refractivity contribution >= 4 is 34.1 Å². The fourth-order valence-electron chi connectivity index (χ4n) is 2.33. The number of hydrogen-bond donors (Lipinski definition) is 1. The van der Waals surface area contributed by atoms with E-state index in [1.54, 1.807) is 12.3 Å². The average molecular weight is 449 g/mol. The molecule has 0 aliphatic rings. The minimum Gasteiger partial charge on any atom is -0.414 e. The standard InChI is InChI=1S/C17H13F2N7O2S2/c1-9(30-17-25-24-14(28-17)5-26-8-20-7-21-26)15(27)23-16-22-13(6-29-16)10-2-3-11(18)12(19)4-10/h2-4,6-9H,5H2,1H3,(H,22,23,27). The number of thioether (sulfide) groups is 1. The lowest BCUT2D eigenvalue weighted by atomic mass is 10.2. The first-order chi connectivity index (χ1) is 14.5. The quantitative estimate of drug-likeness (QED) is 0.428. The Bertz CT molecular complexity index is 1160. The van der Waals surface area contributed by atoms with Gasteiger partial charge in [-0.3, -0.25) is 4.79 Å².